The summed E-state index contributed by atoms with van der Waals surface area (Å²) in [5.74, 6) is -0.257. The van der Waals surface area contributed by atoms with Crippen molar-refractivity contribution in [1.29, 1.82) is 0 Å². The lowest BCUT2D eigenvalue weighted by atomic mass is 9.72. The second-order valence-electron chi connectivity index (χ2n) is 5.29. The minimum Gasteiger partial charge on any atom is -0.392 e. The molecule has 96 valence electrons. The van der Waals surface area contributed by atoms with Crippen LogP contribution in [0.4, 0.5) is 4.39 Å². The van der Waals surface area contributed by atoms with Crippen LogP contribution < -0.4 is 0 Å². The first kappa shape index (κ1) is 11.8. The lowest BCUT2D eigenvalue weighted by Gasteiger charge is -2.51. The molecule has 2 aliphatic heterocycles. The van der Waals surface area contributed by atoms with Crippen LogP contribution in [0.1, 0.15) is 23.2 Å². The van der Waals surface area contributed by atoms with Crippen molar-refractivity contribution in [2.75, 3.05) is 13.1 Å². The highest BCUT2D eigenvalue weighted by Crippen LogP contribution is 2.39. The van der Waals surface area contributed by atoms with Crippen LogP contribution in [0.5, 0.6) is 0 Å². The summed E-state index contributed by atoms with van der Waals surface area (Å²) in [5, 5.41) is 9.80. The van der Waals surface area contributed by atoms with E-state index in [1.54, 1.807) is 12.1 Å². The fourth-order valence-corrected chi connectivity index (χ4v) is 2.93. The van der Waals surface area contributed by atoms with Crippen LogP contribution in [-0.4, -0.2) is 41.0 Å². The van der Waals surface area contributed by atoms with Crippen LogP contribution in [0.2, 0.25) is 0 Å². The zero-order valence-electron chi connectivity index (χ0n) is 10.1. The molecule has 18 heavy (non-hydrogen) atoms. The van der Waals surface area contributed by atoms with E-state index in [-0.39, 0.29) is 24.0 Å². The van der Waals surface area contributed by atoms with Crippen molar-refractivity contribution in [3.8, 4) is 0 Å². The Labute approximate surface area is 105 Å². The third kappa shape index (κ3) is 1.95. The zero-order chi connectivity index (χ0) is 12.7. The Bertz CT molecular complexity index is 471. The van der Waals surface area contributed by atoms with Gasteiger partial charge in [0.15, 0.2) is 5.78 Å². The number of nitrogens with zero attached hydrogens (tertiary/aromatic N) is 1. The molecule has 3 nitrogen and oxygen atoms in total. The van der Waals surface area contributed by atoms with Gasteiger partial charge >= 0.3 is 0 Å². The highest BCUT2D eigenvalue weighted by atomic mass is 19.1. The lowest BCUT2D eigenvalue weighted by molar-refractivity contribution is -0.0785. The Hall–Kier alpha value is -1.26. The molecule has 3 fully saturated rings. The van der Waals surface area contributed by atoms with Crippen LogP contribution in [-0.2, 0) is 0 Å². The smallest absolute Gasteiger partial charge is 0.179 e. The Morgan fingerprint density at radius 1 is 1.39 bits per heavy atom. The second kappa shape index (κ2) is 4.44. The average molecular weight is 249 g/mol. The summed E-state index contributed by atoms with van der Waals surface area (Å²) in [5.41, 5.74) is 0.147. The van der Waals surface area contributed by atoms with Gasteiger partial charge in [-0.2, -0.15) is 0 Å². The van der Waals surface area contributed by atoms with E-state index in [0.717, 1.165) is 12.8 Å². The fraction of sp³-hybridized carbons (Fsp3) is 0.500. The molecule has 1 atom stereocenters. The van der Waals surface area contributed by atoms with Crippen molar-refractivity contribution in [2.24, 2.45) is 5.92 Å². The molecule has 0 radical (unpaired) electrons. The SMILES string of the molecule is O=C(CN1C[C@H](O)C2CC1C2)c1ccccc1F. The summed E-state index contributed by atoms with van der Waals surface area (Å²) in [6, 6.07) is 6.46. The second-order valence-corrected chi connectivity index (χ2v) is 5.29. The molecule has 0 spiro atoms. The van der Waals surface area contributed by atoms with Crippen LogP contribution in [0.25, 0.3) is 0 Å². The first-order valence-electron chi connectivity index (χ1n) is 6.35. The van der Waals surface area contributed by atoms with E-state index < -0.39 is 5.82 Å². The van der Waals surface area contributed by atoms with Gasteiger partial charge in [-0.05, 0) is 30.9 Å². The number of aliphatic hydroxyl groups is 1. The van der Waals surface area contributed by atoms with Gasteiger partial charge in [0.05, 0.1) is 18.2 Å². The summed E-state index contributed by atoms with van der Waals surface area (Å²) >= 11 is 0. The molecular formula is C14H16FNO2. The number of halogens is 1. The highest BCUT2D eigenvalue weighted by Gasteiger charge is 2.44. The number of rotatable bonds is 3. The number of carbonyl (C=O) groups excluding carboxylic acids is 1. The van der Waals surface area contributed by atoms with Crippen molar-refractivity contribution < 1.29 is 14.3 Å². The van der Waals surface area contributed by atoms with Gasteiger partial charge in [-0.25, -0.2) is 4.39 Å². The molecule has 1 saturated carbocycles. The van der Waals surface area contributed by atoms with Crippen molar-refractivity contribution in [3.63, 3.8) is 0 Å². The predicted molar refractivity (Wildman–Crippen MR) is 64.8 cm³/mol. The molecule has 1 aromatic rings. The first-order valence-corrected chi connectivity index (χ1v) is 6.35. The van der Waals surface area contributed by atoms with Crippen LogP contribution in [0, 0.1) is 11.7 Å². The molecule has 1 N–H and O–H groups in total. The molecule has 2 saturated heterocycles. The number of Topliss-reactive ketones (excluding diaryl/α,β-unsaturated/α-hetero) is 1. The Kier molecular flexibility index (Phi) is 2.92. The van der Waals surface area contributed by atoms with Gasteiger partial charge in [-0.3, -0.25) is 9.69 Å². The van der Waals surface area contributed by atoms with Gasteiger partial charge in [0.2, 0.25) is 0 Å². The van der Waals surface area contributed by atoms with Crippen molar-refractivity contribution in [2.45, 2.75) is 25.0 Å². The summed E-state index contributed by atoms with van der Waals surface area (Å²) in [6.07, 6.45) is 1.60. The highest BCUT2D eigenvalue weighted by molar-refractivity contribution is 5.97. The van der Waals surface area contributed by atoms with Crippen LogP contribution in [0.15, 0.2) is 24.3 Å². The first-order chi connectivity index (χ1) is 8.65. The number of fused-ring (bicyclic) bond motifs is 2. The predicted octanol–water partition coefficient (Wildman–Crippen LogP) is 1.46. The van der Waals surface area contributed by atoms with Crippen molar-refractivity contribution in [1.82, 2.24) is 4.90 Å². The van der Waals surface area contributed by atoms with Crippen LogP contribution in [0.3, 0.4) is 0 Å². The van der Waals surface area contributed by atoms with Gasteiger partial charge in [0.25, 0.3) is 0 Å². The van der Waals surface area contributed by atoms with Crippen molar-refractivity contribution >= 4 is 5.78 Å². The Balaban J connectivity index is 1.70. The molecular weight excluding hydrogens is 233 g/mol. The number of benzene rings is 1. The van der Waals surface area contributed by atoms with E-state index in [1.807, 2.05) is 4.90 Å². The number of carbonyl (C=O) groups is 1. The van der Waals surface area contributed by atoms with Gasteiger partial charge in [-0.1, -0.05) is 12.1 Å². The molecule has 0 aromatic heterocycles. The molecule has 2 heterocycles. The molecule has 3 aliphatic rings. The Morgan fingerprint density at radius 2 is 2.11 bits per heavy atom. The number of hydrogen-bond acceptors (Lipinski definition) is 3. The molecule has 0 unspecified atom stereocenters. The summed E-state index contributed by atoms with van der Waals surface area (Å²) in [4.78, 5) is 14.0. The van der Waals surface area contributed by atoms with E-state index in [4.69, 9.17) is 0 Å². The lowest BCUT2D eigenvalue weighted by Crippen LogP contribution is -2.59. The maximum Gasteiger partial charge on any atom is 0.179 e. The number of aliphatic hydroxyl groups excluding tert-OH is 1. The summed E-state index contributed by atoms with van der Waals surface area (Å²) in [6.45, 7) is 0.741. The maximum atomic E-state index is 13.5. The minimum absolute atomic E-state index is 0.147. The van der Waals surface area contributed by atoms with Crippen LogP contribution >= 0.6 is 0 Å². The molecule has 4 heteroatoms. The number of ketones is 1. The van der Waals surface area contributed by atoms with E-state index in [9.17, 15) is 14.3 Å². The third-order valence-corrected chi connectivity index (χ3v) is 4.15. The third-order valence-electron chi connectivity index (χ3n) is 4.15. The fourth-order valence-electron chi connectivity index (χ4n) is 2.93. The van der Waals surface area contributed by atoms with Gasteiger partial charge in [-0.15, -0.1) is 0 Å². The quantitative estimate of drug-likeness (QED) is 0.825. The standard InChI is InChI=1S/C14H16FNO2/c15-12-4-2-1-3-11(12)14(18)8-16-7-13(17)9-5-10(16)6-9/h1-4,9-10,13,17H,5-8H2/t9?,10?,13-/m0/s1. The van der Waals surface area contributed by atoms with Gasteiger partial charge in [0, 0.05) is 12.6 Å². The molecule has 4 rings (SSSR count). The van der Waals surface area contributed by atoms with Gasteiger partial charge in [0.1, 0.15) is 5.82 Å². The monoisotopic (exact) mass is 249 g/mol. The van der Waals surface area contributed by atoms with Gasteiger partial charge < -0.3 is 5.11 Å². The Morgan fingerprint density at radius 3 is 2.78 bits per heavy atom. The summed E-state index contributed by atoms with van der Waals surface area (Å²) in [7, 11) is 0. The normalized spacial score (nSPS) is 30.9. The number of piperidine rings is 2. The molecule has 2 bridgehead atoms. The minimum atomic E-state index is -0.466. The van der Waals surface area contributed by atoms with Crippen molar-refractivity contribution in [3.05, 3.63) is 35.6 Å². The molecule has 0 amide bonds. The zero-order valence-corrected chi connectivity index (χ0v) is 10.1. The number of hydrogen-bond donors (Lipinski definition) is 1. The summed E-state index contributed by atoms with van der Waals surface area (Å²) < 4.78 is 13.5. The molecule has 1 aromatic carbocycles. The maximum absolute atomic E-state index is 13.5. The van der Waals surface area contributed by atoms with E-state index in [1.165, 1.54) is 12.1 Å². The average Bonchev–Trinajstić information content (AvgIpc) is 2.26. The van der Waals surface area contributed by atoms with E-state index in [0.29, 0.717) is 18.5 Å². The molecule has 1 aliphatic carbocycles. The topological polar surface area (TPSA) is 40.5 Å². The van der Waals surface area contributed by atoms with E-state index >= 15 is 0 Å². The largest absolute Gasteiger partial charge is 0.392 e. The van der Waals surface area contributed by atoms with E-state index in [2.05, 4.69) is 0 Å².